The highest BCUT2D eigenvalue weighted by Gasteiger charge is 2.31. The average molecular weight is 241 g/mol. The maximum absolute atomic E-state index is 11.9. The number of morpholine rings is 1. The van der Waals surface area contributed by atoms with Gasteiger partial charge in [-0.3, -0.25) is 4.79 Å². The molecule has 1 unspecified atom stereocenters. The Morgan fingerprint density at radius 2 is 2.00 bits per heavy atom. The highest BCUT2D eigenvalue weighted by Crippen LogP contribution is 2.16. The molecule has 1 rings (SSSR count). The van der Waals surface area contributed by atoms with Gasteiger partial charge in [0.15, 0.2) is 0 Å². The van der Waals surface area contributed by atoms with Gasteiger partial charge in [0.25, 0.3) is 5.91 Å². The van der Waals surface area contributed by atoms with E-state index >= 15 is 0 Å². The lowest BCUT2D eigenvalue weighted by Gasteiger charge is -2.29. The molecule has 0 bridgehead atoms. The van der Waals surface area contributed by atoms with Crippen LogP contribution in [0.4, 0.5) is 13.2 Å². The van der Waals surface area contributed by atoms with E-state index in [1.54, 1.807) is 0 Å². The van der Waals surface area contributed by atoms with E-state index in [0.717, 1.165) is 0 Å². The first kappa shape index (κ1) is 13.2. The molecule has 94 valence electrons. The summed E-state index contributed by atoms with van der Waals surface area (Å²) in [4.78, 5) is 13.0. The Bertz CT molecular complexity index is 239. The maximum Gasteiger partial charge on any atom is 0.411 e. The Morgan fingerprint density at radius 1 is 1.44 bits per heavy atom. The maximum atomic E-state index is 11.9. The molecule has 7 heteroatoms. The van der Waals surface area contributed by atoms with Crippen LogP contribution in [0.1, 0.15) is 6.92 Å². The van der Waals surface area contributed by atoms with Crippen molar-refractivity contribution in [1.82, 2.24) is 4.90 Å². The molecule has 1 heterocycles. The Morgan fingerprint density at radius 3 is 2.50 bits per heavy atom. The topological polar surface area (TPSA) is 38.8 Å². The van der Waals surface area contributed by atoms with Crippen LogP contribution in [0.25, 0.3) is 0 Å². The van der Waals surface area contributed by atoms with Crippen LogP contribution in [0.5, 0.6) is 0 Å². The third kappa shape index (κ3) is 4.36. The van der Waals surface area contributed by atoms with Gasteiger partial charge in [0, 0.05) is 13.1 Å². The first-order valence-electron chi connectivity index (χ1n) is 4.95. The number of amides is 1. The summed E-state index contributed by atoms with van der Waals surface area (Å²) in [6, 6.07) is 0. The molecule has 0 aromatic carbocycles. The van der Waals surface area contributed by atoms with Crippen molar-refractivity contribution in [2.75, 3.05) is 32.9 Å². The summed E-state index contributed by atoms with van der Waals surface area (Å²) in [5.74, 6) is -0.424. The number of halogens is 3. The van der Waals surface area contributed by atoms with E-state index in [9.17, 15) is 18.0 Å². The lowest BCUT2D eigenvalue weighted by Crippen LogP contribution is -2.46. The highest BCUT2D eigenvalue weighted by molar-refractivity contribution is 5.80. The van der Waals surface area contributed by atoms with E-state index in [1.165, 1.54) is 11.8 Å². The second-order valence-electron chi connectivity index (χ2n) is 3.51. The van der Waals surface area contributed by atoms with Gasteiger partial charge >= 0.3 is 6.18 Å². The SMILES string of the molecule is CC(OCC(F)(F)F)C(=O)N1CCOCC1. The van der Waals surface area contributed by atoms with E-state index in [-0.39, 0.29) is 0 Å². The molecule has 0 N–H and O–H groups in total. The molecule has 0 spiro atoms. The van der Waals surface area contributed by atoms with Gasteiger partial charge in [0.1, 0.15) is 12.7 Å². The van der Waals surface area contributed by atoms with Gasteiger partial charge in [-0.1, -0.05) is 0 Å². The van der Waals surface area contributed by atoms with Crippen LogP contribution in [-0.2, 0) is 14.3 Å². The molecule has 1 aliphatic heterocycles. The highest BCUT2D eigenvalue weighted by atomic mass is 19.4. The van der Waals surface area contributed by atoms with E-state index in [4.69, 9.17) is 4.74 Å². The quantitative estimate of drug-likeness (QED) is 0.734. The Balaban J connectivity index is 2.34. The summed E-state index contributed by atoms with van der Waals surface area (Å²) in [7, 11) is 0. The summed E-state index contributed by atoms with van der Waals surface area (Å²) in [5.41, 5.74) is 0. The van der Waals surface area contributed by atoms with Gasteiger partial charge in [-0.2, -0.15) is 13.2 Å². The molecule has 0 aliphatic carbocycles. The molecule has 1 saturated heterocycles. The molecule has 1 aliphatic rings. The number of carbonyl (C=O) groups excluding carboxylic acids is 1. The van der Waals surface area contributed by atoms with Crippen LogP contribution in [-0.4, -0.2) is 56.0 Å². The normalized spacial score (nSPS) is 19.6. The van der Waals surface area contributed by atoms with Crippen molar-refractivity contribution in [3.8, 4) is 0 Å². The van der Waals surface area contributed by atoms with Gasteiger partial charge in [-0.25, -0.2) is 0 Å². The first-order valence-corrected chi connectivity index (χ1v) is 4.95. The predicted octanol–water partition coefficient (Wildman–Crippen LogP) is 0.813. The fraction of sp³-hybridized carbons (Fsp3) is 0.889. The van der Waals surface area contributed by atoms with Gasteiger partial charge in [-0.15, -0.1) is 0 Å². The molecule has 0 aromatic heterocycles. The molecule has 1 amide bonds. The molecule has 0 saturated carbocycles. The summed E-state index contributed by atoms with van der Waals surface area (Å²) in [6.45, 7) is 1.56. The minimum Gasteiger partial charge on any atom is -0.378 e. The van der Waals surface area contributed by atoms with Crippen LogP contribution in [0.15, 0.2) is 0 Å². The fourth-order valence-corrected chi connectivity index (χ4v) is 1.33. The van der Waals surface area contributed by atoms with E-state index in [2.05, 4.69) is 4.74 Å². The van der Waals surface area contributed by atoms with E-state index in [1.807, 2.05) is 0 Å². The van der Waals surface area contributed by atoms with Crippen molar-refractivity contribution in [3.63, 3.8) is 0 Å². The number of nitrogens with zero attached hydrogens (tertiary/aromatic N) is 1. The molecule has 16 heavy (non-hydrogen) atoms. The lowest BCUT2D eigenvalue weighted by molar-refractivity contribution is -0.189. The Hall–Kier alpha value is -0.820. The third-order valence-corrected chi connectivity index (χ3v) is 2.17. The number of hydrogen-bond acceptors (Lipinski definition) is 3. The molecular weight excluding hydrogens is 227 g/mol. The van der Waals surface area contributed by atoms with Gasteiger partial charge < -0.3 is 14.4 Å². The number of rotatable bonds is 3. The molecule has 0 aromatic rings. The molecule has 0 radical (unpaired) electrons. The summed E-state index contributed by atoms with van der Waals surface area (Å²) in [6.07, 6.45) is -5.47. The zero-order valence-electron chi connectivity index (χ0n) is 8.92. The van der Waals surface area contributed by atoms with Crippen LogP contribution < -0.4 is 0 Å². The third-order valence-electron chi connectivity index (χ3n) is 2.17. The van der Waals surface area contributed by atoms with Crippen molar-refractivity contribution in [2.24, 2.45) is 0 Å². The molecule has 1 atom stereocenters. The zero-order valence-corrected chi connectivity index (χ0v) is 8.92. The van der Waals surface area contributed by atoms with Crippen LogP contribution in [0.2, 0.25) is 0 Å². The van der Waals surface area contributed by atoms with Gasteiger partial charge in [0.2, 0.25) is 0 Å². The Kier molecular flexibility index (Phi) is 4.55. The van der Waals surface area contributed by atoms with Crippen molar-refractivity contribution in [2.45, 2.75) is 19.2 Å². The smallest absolute Gasteiger partial charge is 0.378 e. The molecular formula is C9H14F3NO3. The average Bonchev–Trinajstić information content (AvgIpc) is 2.25. The second kappa shape index (κ2) is 5.49. The number of ether oxygens (including phenoxy) is 2. The van der Waals surface area contributed by atoms with Crippen molar-refractivity contribution < 1.29 is 27.4 Å². The minimum absolute atomic E-state index is 0.401. The predicted molar refractivity (Wildman–Crippen MR) is 48.9 cm³/mol. The number of carbonyl (C=O) groups is 1. The van der Waals surface area contributed by atoms with Gasteiger partial charge in [-0.05, 0) is 6.92 Å². The van der Waals surface area contributed by atoms with Crippen molar-refractivity contribution in [1.29, 1.82) is 0 Å². The molecule has 4 nitrogen and oxygen atoms in total. The standard InChI is InChI=1S/C9H14F3NO3/c1-7(16-6-9(10,11)12)8(14)13-2-4-15-5-3-13/h7H,2-6H2,1H3. The first-order chi connectivity index (χ1) is 7.40. The fourth-order valence-electron chi connectivity index (χ4n) is 1.33. The summed E-state index contributed by atoms with van der Waals surface area (Å²) < 4.78 is 45.0. The van der Waals surface area contributed by atoms with Crippen LogP contribution in [0, 0.1) is 0 Å². The minimum atomic E-state index is -4.40. The van der Waals surface area contributed by atoms with Crippen LogP contribution >= 0.6 is 0 Å². The van der Waals surface area contributed by atoms with Crippen LogP contribution in [0.3, 0.4) is 0 Å². The second-order valence-corrected chi connectivity index (χ2v) is 3.51. The van der Waals surface area contributed by atoms with Crippen molar-refractivity contribution in [3.05, 3.63) is 0 Å². The largest absolute Gasteiger partial charge is 0.411 e. The van der Waals surface area contributed by atoms with E-state index in [0.29, 0.717) is 26.3 Å². The Labute approximate surface area is 91.3 Å². The summed E-state index contributed by atoms with van der Waals surface area (Å²) >= 11 is 0. The van der Waals surface area contributed by atoms with E-state index < -0.39 is 24.8 Å². The molecule has 1 fully saturated rings. The van der Waals surface area contributed by atoms with Gasteiger partial charge in [0.05, 0.1) is 13.2 Å². The monoisotopic (exact) mass is 241 g/mol. The zero-order chi connectivity index (χ0) is 12.2. The summed E-state index contributed by atoms with van der Waals surface area (Å²) in [5, 5.41) is 0. The number of hydrogen-bond donors (Lipinski definition) is 0. The van der Waals surface area contributed by atoms with Crippen molar-refractivity contribution >= 4 is 5.91 Å². The number of alkyl halides is 3. The lowest BCUT2D eigenvalue weighted by atomic mass is 10.3.